The third kappa shape index (κ3) is 4.31. The summed E-state index contributed by atoms with van der Waals surface area (Å²) in [5.41, 5.74) is 4.39. The Morgan fingerprint density at radius 1 is 1.22 bits per heavy atom. The zero-order valence-electron chi connectivity index (χ0n) is 18.0. The van der Waals surface area contributed by atoms with E-state index in [4.69, 9.17) is 9.72 Å². The summed E-state index contributed by atoms with van der Waals surface area (Å²) in [5.74, 6) is 0.847. The molecule has 8 heteroatoms. The quantitative estimate of drug-likeness (QED) is 0.211. The Morgan fingerprint density at radius 3 is 2.78 bits per heavy atom. The maximum absolute atomic E-state index is 11.9. The number of benzene rings is 2. The molecule has 32 heavy (non-hydrogen) atoms. The van der Waals surface area contributed by atoms with Crippen LogP contribution in [0.3, 0.4) is 0 Å². The van der Waals surface area contributed by atoms with Gasteiger partial charge in [-0.2, -0.15) is 0 Å². The van der Waals surface area contributed by atoms with Crippen LogP contribution in [0, 0.1) is 3.57 Å². The summed E-state index contributed by atoms with van der Waals surface area (Å²) in [6, 6.07) is 13.9. The standard InChI is InChI=1S/C24H23IN5O2/c1-5-23(31)27-19-13-20(22(32-4)12-17(19)25-2)29-24-26-11-10-18(28-24)16-14-30(3)21-9-7-6-8-15(16)21/h5-14H,1H2,2-4H3,(H,27,31)(H,26,28,29)/q-1. The Morgan fingerprint density at radius 2 is 2.03 bits per heavy atom. The minimum atomic E-state index is -0.287. The number of alkyl halides is 1. The van der Waals surface area contributed by atoms with Gasteiger partial charge in [-0.15, -0.1) is 0 Å². The van der Waals surface area contributed by atoms with Gasteiger partial charge in [0, 0.05) is 0 Å². The number of nitrogens with zero attached hydrogens (tertiary/aromatic N) is 3. The van der Waals surface area contributed by atoms with E-state index in [0.717, 1.165) is 31.4 Å². The number of amides is 1. The summed E-state index contributed by atoms with van der Waals surface area (Å²) in [4.78, 5) is 23.1. The van der Waals surface area contributed by atoms with Crippen LogP contribution in [0.25, 0.3) is 22.2 Å². The van der Waals surface area contributed by atoms with E-state index in [-0.39, 0.29) is 27.1 Å². The number of carbonyl (C=O) groups excluding carboxylic acids is 1. The first-order valence-electron chi connectivity index (χ1n) is 9.83. The van der Waals surface area contributed by atoms with Crippen molar-refractivity contribution in [2.75, 3.05) is 22.7 Å². The van der Waals surface area contributed by atoms with Crippen LogP contribution in [-0.2, 0) is 11.8 Å². The van der Waals surface area contributed by atoms with Crippen molar-refractivity contribution in [1.29, 1.82) is 0 Å². The van der Waals surface area contributed by atoms with Gasteiger partial charge in [0.2, 0.25) is 0 Å². The number of hydrogen-bond donors (Lipinski definition) is 2. The van der Waals surface area contributed by atoms with Gasteiger partial charge in [-0.05, 0) is 0 Å². The van der Waals surface area contributed by atoms with Gasteiger partial charge in [-0.1, -0.05) is 6.07 Å². The van der Waals surface area contributed by atoms with Gasteiger partial charge in [0.1, 0.15) is 0 Å². The predicted molar refractivity (Wildman–Crippen MR) is 124 cm³/mol. The van der Waals surface area contributed by atoms with E-state index in [0.29, 0.717) is 17.4 Å². The van der Waals surface area contributed by atoms with Crippen molar-refractivity contribution in [2.24, 2.45) is 7.05 Å². The average molecular weight is 540 g/mol. The molecule has 0 unspecified atom stereocenters. The molecule has 0 radical (unpaired) electrons. The number of ether oxygens (including phenoxy) is 1. The molecule has 0 atom stereocenters. The van der Waals surface area contributed by atoms with E-state index in [2.05, 4.69) is 50.0 Å². The van der Waals surface area contributed by atoms with Crippen molar-refractivity contribution < 1.29 is 30.7 Å². The normalized spacial score (nSPS) is 10.8. The third-order valence-electron chi connectivity index (χ3n) is 5.01. The average Bonchev–Trinajstić information content (AvgIpc) is 3.16. The Hall–Kier alpha value is -3.40. The van der Waals surface area contributed by atoms with Gasteiger partial charge < -0.3 is 0 Å². The number of aryl methyl sites for hydroxylation is 1. The Bertz CT molecular complexity index is 1320. The Kier molecular flexibility index (Phi) is 6.40. The molecule has 4 aromatic rings. The number of carbonyl (C=O) groups is 1. The van der Waals surface area contributed by atoms with Gasteiger partial charge in [0.05, 0.1) is 0 Å². The van der Waals surface area contributed by atoms with E-state index in [1.54, 1.807) is 13.3 Å². The molecule has 7 nitrogen and oxygen atoms in total. The summed E-state index contributed by atoms with van der Waals surface area (Å²) < 4.78 is 8.73. The molecule has 0 saturated carbocycles. The van der Waals surface area contributed by atoms with Gasteiger partial charge in [0.15, 0.2) is 0 Å². The molecule has 0 aliphatic rings. The predicted octanol–water partition coefficient (Wildman–Crippen LogP) is 1.40. The Balaban J connectivity index is 1.72. The van der Waals surface area contributed by atoms with Crippen LogP contribution in [0.15, 0.2) is 67.5 Å². The zero-order chi connectivity index (χ0) is 22.7. The van der Waals surface area contributed by atoms with E-state index >= 15 is 0 Å². The van der Waals surface area contributed by atoms with E-state index in [1.807, 2.05) is 37.4 Å². The number of hydrogen-bond acceptors (Lipinski definition) is 5. The van der Waals surface area contributed by atoms with Crippen molar-refractivity contribution >= 4 is 34.1 Å². The summed E-state index contributed by atoms with van der Waals surface area (Å²) in [5, 5.41) is 7.26. The van der Waals surface area contributed by atoms with E-state index in [9.17, 15) is 4.79 Å². The molecule has 4 rings (SSSR count). The second-order valence-electron chi connectivity index (χ2n) is 6.98. The molecule has 2 aromatic heterocycles. The van der Waals surface area contributed by atoms with Crippen molar-refractivity contribution in [3.63, 3.8) is 0 Å². The molecule has 0 saturated heterocycles. The number of halogens is 1. The Labute approximate surface area is 196 Å². The number of aromatic nitrogens is 3. The first-order chi connectivity index (χ1) is 15.5. The van der Waals surface area contributed by atoms with Gasteiger partial charge >= 0.3 is 191 Å². The van der Waals surface area contributed by atoms with Crippen LogP contribution in [0.4, 0.5) is 17.3 Å². The monoisotopic (exact) mass is 540 g/mol. The molecule has 2 aromatic carbocycles. The van der Waals surface area contributed by atoms with Crippen molar-refractivity contribution in [3.8, 4) is 17.0 Å². The van der Waals surface area contributed by atoms with Crippen LogP contribution < -0.4 is 36.6 Å². The number of rotatable bonds is 7. The van der Waals surface area contributed by atoms with Crippen molar-refractivity contribution in [1.82, 2.24) is 14.5 Å². The SMILES string of the molecule is C=CC(=O)Nc1cc(Nc2nccc(-c3cn(C)c4ccccc34)n2)c(OC)cc1[I-]C. The van der Waals surface area contributed by atoms with Crippen LogP contribution in [0.5, 0.6) is 5.75 Å². The summed E-state index contributed by atoms with van der Waals surface area (Å²) in [7, 11) is 3.64. The molecular formula is C24H23IN5O2-. The molecule has 0 bridgehead atoms. The summed E-state index contributed by atoms with van der Waals surface area (Å²) in [6.45, 7) is 3.53. The second kappa shape index (κ2) is 9.39. The molecule has 2 N–H and O–H groups in total. The minimum absolute atomic E-state index is 0.256. The van der Waals surface area contributed by atoms with Crippen LogP contribution in [0.2, 0.25) is 0 Å². The second-order valence-corrected chi connectivity index (χ2v) is 9.22. The van der Waals surface area contributed by atoms with Crippen molar-refractivity contribution in [2.45, 2.75) is 0 Å². The number of nitrogens with one attached hydrogen (secondary N) is 2. The number of para-hydroxylation sites is 1. The molecule has 0 aliphatic heterocycles. The molecule has 2 heterocycles. The molecule has 0 fully saturated rings. The fourth-order valence-electron chi connectivity index (χ4n) is 3.49. The zero-order valence-corrected chi connectivity index (χ0v) is 20.2. The van der Waals surface area contributed by atoms with Crippen LogP contribution in [0.1, 0.15) is 0 Å². The van der Waals surface area contributed by atoms with Crippen molar-refractivity contribution in [3.05, 3.63) is 71.1 Å². The number of methoxy groups -OCH3 is 1. The number of anilines is 3. The summed E-state index contributed by atoms with van der Waals surface area (Å²) in [6.07, 6.45) is 5.05. The van der Waals surface area contributed by atoms with E-state index < -0.39 is 0 Å². The molecule has 0 aliphatic carbocycles. The van der Waals surface area contributed by atoms with E-state index in [1.165, 1.54) is 6.08 Å². The fraction of sp³-hybridized carbons (Fsp3) is 0.125. The number of fused-ring (bicyclic) bond motifs is 1. The fourth-order valence-corrected chi connectivity index (χ4v) is 4.96. The van der Waals surface area contributed by atoms with Gasteiger partial charge in [0.25, 0.3) is 0 Å². The molecule has 0 spiro atoms. The van der Waals surface area contributed by atoms with Crippen LogP contribution in [-0.4, -0.2) is 32.5 Å². The molecule has 1 amide bonds. The van der Waals surface area contributed by atoms with Gasteiger partial charge in [-0.25, -0.2) is 0 Å². The molecular weight excluding hydrogens is 517 g/mol. The maximum atomic E-state index is 11.9. The van der Waals surface area contributed by atoms with Crippen LogP contribution >= 0.6 is 0 Å². The van der Waals surface area contributed by atoms with Gasteiger partial charge in [-0.3, -0.25) is 0 Å². The first kappa shape index (κ1) is 21.8. The topological polar surface area (TPSA) is 81.1 Å². The molecule has 164 valence electrons. The first-order valence-corrected chi connectivity index (χ1v) is 13.1. The summed E-state index contributed by atoms with van der Waals surface area (Å²) >= 11 is -0.287. The third-order valence-corrected chi connectivity index (χ3v) is 7.07.